The fraction of sp³-hybridized carbons (Fsp3) is 0.263. The van der Waals surface area contributed by atoms with Gasteiger partial charge < -0.3 is 16.0 Å². The lowest BCUT2D eigenvalue weighted by Crippen LogP contribution is -2.37. The Morgan fingerprint density at radius 1 is 1.17 bits per heavy atom. The van der Waals surface area contributed by atoms with Crippen LogP contribution >= 0.6 is 0 Å². The van der Waals surface area contributed by atoms with Gasteiger partial charge in [-0.2, -0.15) is 0 Å². The van der Waals surface area contributed by atoms with E-state index in [1.54, 1.807) is 24.3 Å². The Labute approximate surface area is 141 Å². The lowest BCUT2D eigenvalue weighted by Gasteiger charge is -2.31. The molecular weight excluding hydrogens is 302 g/mol. The molecule has 5 nitrogen and oxygen atoms in total. The second kappa shape index (κ2) is 6.74. The molecule has 24 heavy (non-hydrogen) atoms. The summed E-state index contributed by atoms with van der Waals surface area (Å²) in [6, 6.07) is 12.9. The number of nitrogens with two attached hydrogens (primary N) is 1. The van der Waals surface area contributed by atoms with Gasteiger partial charge in [-0.15, -0.1) is 0 Å². The fourth-order valence-electron chi connectivity index (χ4n) is 3.15. The summed E-state index contributed by atoms with van der Waals surface area (Å²) in [5.41, 5.74) is 10.0. The highest BCUT2D eigenvalue weighted by Gasteiger charge is 2.21. The number of hydrogen-bond donors (Lipinski definition) is 2. The summed E-state index contributed by atoms with van der Waals surface area (Å²) >= 11 is 0. The van der Waals surface area contributed by atoms with Gasteiger partial charge in [0.1, 0.15) is 0 Å². The molecule has 0 saturated carbocycles. The SMILES string of the molecule is CC(=O)c1ccccc1NC(=O)CN1CCCc2c(N)cccc21. The van der Waals surface area contributed by atoms with Crippen LogP contribution in [0.4, 0.5) is 17.1 Å². The van der Waals surface area contributed by atoms with Crippen LogP contribution < -0.4 is 16.0 Å². The minimum Gasteiger partial charge on any atom is -0.398 e. The topological polar surface area (TPSA) is 75.4 Å². The van der Waals surface area contributed by atoms with Crippen LogP contribution in [-0.2, 0) is 11.2 Å². The number of para-hydroxylation sites is 1. The van der Waals surface area contributed by atoms with Gasteiger partial charge in [0.25, 0.3) is 0 Å². The van der Waals surface area contributed by atoms with Crippen molar-refractivity contribution in [2.24, 2.45) is 0 Å². The van der Waals surface area contributed by atoms with Crippen LogP contribution in [-0.4, -0.2) is 24.8 Å². The summed E-state index contributed by atoms with van der Waals surface area (Å²) in [5.74, 6) is -0.207. The Morgan fingerprint density at radius 2 is 1.96 bits per heavy atom. The van der Waals surface area contributed by atoms with Crippen LogP contribution in [0.25, 0.3) is 0 Å². The van der Waals surface area contributed by atoms with Crippen molar-refractivity contribution < 1.29 is 9.59 Å². The van der Waals surface area contributed by atoms with E-state index in [2.05, 4.69) is 5.32 Å². The highest BCUT2D eigenvalue weighted by Crippen LogP contribution is 2.31. The maximum Gasteiger partial charge on any atom is 0.243 e. The fourth-order valence-corrected chi connectivity index (χ4v) is 3.15. The number of benzene rings is 2. The lowest BCUT2D eigenvalue weighted by molar-refractivity contribution is -0.115. The van der Waals surface area contributed by atoms with Gasteiger partial charge in [-0.1, -0.05) is 18.2 Å². The van der Waals surface area contributed by atoms with Gasteiger partial charge in [-0.05, 0) is 49.6 Å². The molecule has 3 N–H and O–H groups in total. The van der Waals surface area contributed by atoms with Crippen molar-refractivity contribution in [2.45, 2.75) is 19.8 Å². The van der Waals surface area contributed by atoms with Crippen LogP contribution in [0.2, 0.25) is 0 Å². The van der Waals surface area contributed by atoms with Gasteiger partial charge in [0.05, 0.1) is 12.2 Å². The number of Topliss-reactive ketones (excluding diaryl/α,β-unsaturated/α-hetero) is 1. The molecule has 0 radical (unpaired) electrons. The molecule has 0 atom stereocenters. The van der Waals surface area contributed by atoms with Crippen LogP contribution in [0.5, 0.6) is 0 Å². The zero-order chi connectivity index (χ0) is 17.1. The van der Waals surface area contributed by atoms with Crippen LogP contribution in [0.3, 0.4) is 0 Å². The van der Waals surface area contributed by atoms with Crippen LogP contribution in [0.1, 0.15) is 29.3 Å². The number of carbonyl (C=O) groups is 2. The van der Waals surface area contributed by atoms with Crippen molar-refractivity contribution in [3.05, 3.63) is 53.6 Å². The molecule has 0 aromatic heterocycles. The maximum absolute atomic E-state index is 12.5. The summed E-state index contributed by atoms with van der Waals surface area (Å²) in [6.45, 7) is 2.55. The second-order valence-electron chi connectivity index (χ2n) is 6.02. The van der Waals surface area contributed by atoms with E-state index in [-0.39, 0.29) is 18.2 Å². The van der Waals surface area contributed by atoms with Crippen molar-refractivity contribution in [1.82, 2.24) is 0 Å². The molecular formula is C19H21N3O2. The van der Waals surface area contributed by atoms with E-state index >= 15 is 0 Å². The van der Waals surface area contributed by atoms with Gasteiger partial charge in [0.15, 0.2) is 5.78 Å². The van der Waals surface area contributed by atoms with Gasteiger partial charge in [-0.25, -0.2) is 0 Å². The first-order valence-electron chi connectivity index (χ1n) is 8.08. The number of carbonyl (C=O) groups excluding carboxylic acids is 2. The Kier molecular flexibility index (Phi) is 4.51. The van der Waals surface area contributed by atoms with E-state index in [9.17, 15) is 9.59 Å². The first-order chi connectivity index (χ1) is 11.6. The Bertz CT molecular complexity index is 786. The average molecular weight is 323 g/mol. The predicted molar refractivity (Wildman–Crippen MR) is 96.5 cm³/mol. The standard InChI is InChI=1S/C19H21N3O2/c1-13(23)14-6-2-3-9-17(14)21-19(24)12-22-11-5-7-15-16(20)8-4-10-18(15)22/h2-4,6,8-10H,5,7,11-12,20H2,1H3,(H,21,24). The number of nitrogen functional groups attached to an aromatic ring is 1. The molecule has 0 aliphatic carbocycles. The Morgan fingerprint density at radius 3 is 2.75 bits per heavy atom. The lowest BCUT2D eigenvalue weighted by atomic mass is 10.00. The molecule has 1 aliphatic rings. The predicted octanol–water partition coefficient (Wildman–Crippen LogP) is 2.86. The summed E-state index contributed by atoms with van der Waals surface area (Å²) in [5, 5.41) is 2.85. The van der Waals surface area contributed by atoms with E-state index < -0.39 is 0 Å². The Hall–Kier alpha value is -2.82. The number of anilines is 3. The first kappa shape index (κ1) is 16.1. The van der Waals surface area contributed by atoms with E-state index in [1.807, 2.05) is 23.1 Å². The molecule has 0 spiro atoms. The highest BCUT2D eigenvalue weighted by molar-refractivity contribution is 6.04. The van der Waals surface area contributed by atoms with Crippen LogP contribution in [0, 0.1) is 0 Å². The largest absolute Gasteiger partial charge is 0.398 e. The summed E-state index contributed by atoms with van der Waals surface area (Å²) in [7, 11) is 0. The van der Waals surface area contributed by atoms with Crippen LogP contribution in [0.15, 0.2) is 42.5 Å². The molecule has 5 heteroatoms. The number of hydrogen-bond acceptors (Lipinski definition) is 4. The number of ketones is 1. The quantitative estimate of drug-likeness (QED) is 0.670. The molecule has 124 valence electrons. The Balaban J connectivity index is 1.76. The molecule has 0 saturated heterocycles. The van der Waals surface area contributed by atoms with Crippen molar-refractivity contribution >= 4 is 28.8 Å². The van der Waals surface area contributed by atoms with Gasteiger partial charge in [-0.3, -0.25) is 9.59 Å². The van der Waals surface area contributed by atoms with E-state index in [0.717, 1.165) is 36.3 Å². The third kappa shape index (κ3) is 3.25. The summed E-state index contributed by atoms with van der Waals surface area (Å²) in [6.07, 6.45) is 1.91. The zero-order valence-corrected chi connectivity index (χ0v) is 13.7. The zero-order valence-electron chi connectivity index (χ0n) is 13.7. The molecule has 3 rings (SSSR count). The molecule has 0 unspecified atom stereocenters. The first-order valence-corrected chi connectivity index (χ1v) is 8.08. The third-order valence-corrected chi connectivity index (χ3v) is 4.30. The summed E-state index contributed by atoms with van der Waals surface area (Å²) in [4.78, 5) is 26.2. The average Bonchev–Trinajstić information content (AvgIpc) is 2.56. The third-order valence-electron chi connectivity index (χ3n) is 4.30. The molecule has 2 aromatic carbocycles. The van der Waals surface area contributed by atoms with E-state index in [4.69, 9.17) is 5.73 Å². The van der Waals surface area contributed by atoms with Gasteiger partial charge in [0.2, 0.25) is 5.91 Å². The molecule has 1 aliphatic heterocycles. The van der Waals surface area contributed by atoms with Crippen molar-refractivity contribution in [1.29, 1.82) is 0 Å². The normalized spacial score (nSPS) is 13.3. The van der Waals surface area contributed by atoms with Gasteiger partial charge >= 0.3 is 0 Å². The van der Waals surface area contributed by atoms with Crippen molar-refractivity contribution in [2.75, 3.05) is 29.0 Å². The maximum atomic E-state index is 12.5. The van der Waals surface area contributed by atoms with Crippen molar-refractivity contribution in [3.8, 4) is 0 Å². The number of amides is 1. The number of fused-ring (bicyclic) bond motifs is 1. The van der Waals surface area contributed by atoms with E-state index in [1.165, 1.54) is 6.92 Å². The van der Waals surface area contributed by atoms with Gasteiger partial charge in [0, 0.05) is 23.5 Å². The molecule has 1 amide bonds. The van der Waals surface area contributed by atoms with Crippen molar-refractivity contribution in [3.63, 3.8) is 0 Å². The molecule has 2 aromatic rings. The number of nitrogens with one attached hydrogen (secondary N) is 1. The molecule has 0 fully saturated rings. The number of nitrogens with zero attached hydrogens (tertiary/aromatic N) is 1. The smallest absolute Gasteiger partial charge is 0.243 e. The molecule has 0 bridgehead atoms. The van der Waals surface area contributed by atoms with E-state index in [0.29, 0.717) is 11.3 Å². The minimum atomic E-state index is -0.140. The highest BCUT2D eigenvalue weighted by atomic mass is 16.2. The summed E-state index contributed by atoms with van der Waals surface area (Å²) < 4.78 is 0. The second-order valence-corrected chi connectivity index (χ2v) is 6.02. The molecule has 1 heterocycles. The number of rotatable bonds is 4. The minimum absolute atomic E-state index is 0.0676. The monoisotopic (exact) mass is 323 g/mol.